The number of amides is 2. The van der Waals surface area contributed by atoms with E-state index in [1.54, 1.807) is 30.1 Å². The van der Waals surface area contributed by atoms with Crippen molar-refractivity contribution in [3.63, 3.8) is 0 Å². The number of fused-ring (bicyclic) bond motifs is 1. The lowest BCUT2D eigenvalue weighted by Crippen LogP contribution is -2.46. The zero-order valence-electron chi connectivity index (χ0n) is 16.7. The molecule has 6 nitrogen and oxygen atoms in total. The minimum Gasteiger partial charge on any atom is -0.378 e. The summed E-state index contributed by atoms with van der Waals surface area (Å²) in [5, 5.41) is 1.39. The lowest BCUT2D eigenvalue weighted by Gasteiger charge is -2.29. The SMILES string of the molecule is CN(CC(=O)N1CCOCC1)C(=O)c1cc(-c2ccc(Cl)cc2)nc2ccccc12. The molecular weight excluding hydrogens is 402 g/mol. The molecule has 30 heavy (non-hydrogen) atoms. The van der Waals surface area contributed by atoms with E-state index in [0.717, 1.165) is 16.5 Å². The maximum Gasteiger partial charge on any atom is 0.254 e. The van der Waals surface area contributed by atoms with Crippen molar-refractivity contribution in [2.24, 2.45) is 0 Å². The van der Waals surface area contributed by atoms with Gasteiger partial charge in [-0.05, 0) is 24.3 Å². The van der Waals surface area contributed by atoms with Crippen LogP contribution in [0.25, 0.3) is 22.2 Å². The molecular formula is C23H22ClN3O3. The topological polar surface area (TPSA) is 62.7 Å². The molecule has 3 aromatic rings. The number of rotatable bonds is 4. The Bertz CT molecular complexity index is 1080. The minimum absolute atomic E-state index is 0.0196. The van der Waals surface area contributed by atoms with Crippen LogP contribution in [-0.2, 0) is 9.53 Å². The van der Waals surface area contributed by atoms with Crippen molar-refractivity contribution in [3.8, 4) is 11.3 Å². The number of carbonyl (C=O) groups is 2. The van der Waals surface area contributed by atoms with Crippen LogP contribution in [0.15, 0.2) is 54.6 Å². The number of aromatic nitrogens is 1. The molecule has 2 heterocycles. The van der Waals surface area contributed by atoms with Gasteiger partial charge in [0.05, 0.1) is 36.5 Å². The normalized spacial score (nSPS) is 14.0. The predicted octanol–water partition coefficient (Wildman–Crippen LogP) is 3.49. The molecule has 1 saturated heterocycles. The van der Waals surface area contributed by atoms with Crippen LogP contribution in [0.2, 0.25) is 5.02 Å². The Morgan fingerprint density at radius 1 is 1.10 bits per heavy atom. The highest BCUT2D eigenvalue weighted by molar-refractivity contribution is 6.30. The largest absolute Gasteiger partial charge is 0.378 e. The van der Waals surface area contributed by atoms with E-state index in [0.29, 0.717) is 42.6 Å². The molecule has 7 heteroatoms. The van der Waals surface area contributed by atoms with Crippen molar-refractivity contribution in [2.45, 2.75) is 0 Å². The maximum absolute atomic E-state index is 13.3. The molecule has 1 aliphatic heterocycles. The van der Waals surface area contributed by atoms with Crippen LogP contribution < -0.4 is 0 Å². The molecule has 1 aliphatic rings. The second kappa shape index (κ2) is 8.81. The number of pyridine rings is 1. The van der Waals surface area contributed by atoms with Gasteiger partial charge in [0.15, 0.2) is 0 Å². The molecule has 1 fully saturated rings. The summed E-state index contributed by atoms with van der Waals surface area (Å²) < 4.78 is 5.29. The van der Waals surface area contributed by atoms with Crippen molar-refractivity contribution in [1.29, 1.82) is 0 Å². The molecule has 0 radical (unpaired) electrons. The Kier molecular flexibility index (Phi) is 5.97. The van der Waals surface area contributed by atoms with Gasteiger partial charge >= 0.3 is 0 Å². The molecule has 2 amide bonds. The molecule has 0 atom stereocenters. The van der Waals surface area contributed by atoms with Gasteiger partial charge in [-0.15, -0.1) is 0 Å². The number of para-hydroxylation sites is 1. The standard InChI is InChI=1S/C23H22ClN3O3/c1-26(15-22(28)27-10-12-30-13-11-27)23(29)19-14-21(16-6-8-17(24)9-7-16)25-20-5-3-2-4-18(19)20/h2-9,14H,10-13,15H2,1H3. The van der Waals surface area contributed by atoms with Crippen LogP contribution in [0.3, 0.4) is 0 Å². The van der Waals surface area contributed by atoms with Gasteiger partial charge in [0, 0.05) is 36.1 Å². The summed E-state index contributed by atoms with van der Waals surface area (Å²) in [6.07, 6.45) is 0. The zero-order chi connectivity index (χ0) is 21.1. The second-order valence-corrected chi connectivity index (χ2v) is 7.67. The van der Waals surface area contributed by atoms with Gasteiger partial charge in [-0.25, -0.2) is 4.98 Å². The van der Waals surface area contributed by atoms with E-state index in [9.17, 15) is 9.59 Å². The van der Waals surface area contributed by atoms with Crippen LogP contribution in [0, 0.1) is 0 Å². The summed E-state index contributed by atoms with van der Waals surface area (Å²) in [5.41, 5.74) is 2.79. The van der Waals surface area contributed by atoms with Crippen LogP contribution in [0.4, 0.5) is 0 Å². The highest BCUT2D eigenvalue weighted by Crippen LogP contribution is 2.26. The molecule has 0 saturated carbocycles. The van der Waals surface area contributed by atoms with E-state index in [-0.39, 0.29) is 18.4 Å². The zero-order valence-corrected chi connectivity index (χ0v) is 17.4. The number of benzene rings is 2. The van der Waals surface area contributed by atoms with E-state index in [2.05, 4.69) is 0 Å². The lowest BCUT2D eigenvalue weighted by molar-refractivity contribution is -0.135. The number of hydrogen-bond donors (Lipinski definition) is 0. The van der Waals surface area contributed by atoms with E-state index in [1.807, 2.05) is 36.4 Å². The van der Waals surface area contributed by atoms with Gasteiger partial charge in [0.25, 0.3) is 5.91 Å². The maximum atomic E-state index is 13.3. The Morgan fingerprint density at radius 2 is 1.80 bits per heavy atom. The Labute approximate surface area is 180 Å². The molecule has 2 aromatic carbocycles. The van der Waals surface area contributed by atoms with Gasteiger partial charge in [-0.2, -0.15) is 0 Å². The molecule has 0 spiro atoms. The summed E-state index contributed by atoms with van der Waals surface area (Å²) in [6.45, 7) is 2.19. The van der Waals surface area contributed by atoms with E-state index < -0.39 is 0 Å². The van der Waals surface area contributed by atoms with E-state index >= 15 is 0 Å². The molecule has 0 unspecified atom stereocenters. The first-order valence-corrected chi connectivity index (χ1v) is 10.2. The van der Waals surface area contributed by atoms with Crippen LogP contribution in [-0.4, -0.2) is 66.5 Å². The smallest absolute Gasteiger partial charge is 0.254 e. The average Bonchev–Trinajstić information content (AvgIpc) is 2.78. The van der Waals surface area contributed by atoms with Crippen molar-refractivity contribution in [1.82, 2.24) is 14.8 Å². The quantitative estimate of drug-likeness (QED) is 0.644. The third-order valence-electron chi connectivity index (χ3n) is 5.17. The third-order valence-corrected chi connectivity index (χ3v) is 5.42. The van der Waals surface area contributed by atoms with Crippen molar-refractivity contribution in [3.05, 3.63) is 65.2 Å². The highest BCUT2D eigenvalue weighted by atomic mass is 35.5. The molecule has 4 rings (SSSR count). The molecule has 0 aliphatic carbocycles. The number of nitrogens with zero attached hydrogens (tertiary/aromatic N) is 3. The monoisotopic (exact) mass is 423 g/mol. The minimum atomic E-state index is -0.217. The number of carbonyl (C=O) groups excluding carboxylic acids is 2. The summed E-state index contributed by atoms with van der Waals surface area (Å²) in [5.74, 6) is -0.296. The summed E-state index contributed by atoms with van der Waals surface area (Å²) in [6, 6.07) is 16.6. The number of halogens is 1. The first kappa shape index (κ1) is 20.3. The number of likely N-dealkylation sites (N-methyl/N-ethyl adjacent to an activating group) is 1. The fourth-order valence-electron chi connectivity index (χ4n) is 3.51. The predicted molar refractivity (Wildman–Crippen MR) is 117 cm³/mol. The van der Waals surface area contributed by atoms with Gasteiger partial charge < -0.3 is 14.5 Å². The fraction of sp³-hybridized carbons (Fsp3) is 0.261. The summed E-state index contributed by atoms with van der Waals surface area (Å²) in [7, 11) is 1.65. The van der Waals surface area contributed by atoms with Crippen LogP contribution in [0.5, 0.6) is 0 Å². The first-order valence-electron chi connectivity index (χ1n) is 9.79. The molecule has 154 valence electrons. The average molecular weight is 424 g/mol. The van der Waals surface area contributed by atoms with Gasteiger partial charge in [0.1, 0.15) is 0 Å². The van der Waals surface area contributed by atoms with E-state index in [4.69, 9.17) is 21.3 Å². The van der Waals surface area contributed by atoms with Crippen molar-refractivity contribution >= 4 is 34.3 Å². The van der Waals surface area contributed by atoms with Gasteiger partial charge in [0.2, 0.25) is 5.91 Å². The Hall–Kier alpha value is -2.96. The Balaban J connectivity index is 1.65. The number of morpholine rings is 1. The van der Waals surface area contributed by atoms with Crippen LogP contribution in [0.1, 0.15) is 10.4 Å². The second-order valence-electron chi connectivity index (χ2n) is 7.23. The summed E-state index contributed by atoms with van der Waals surface area (Å²) >= 11 is 6.01. The first-order chi connectivity index (χ1) is 14.5. The van der Waals surface area contributed by atoms with Crippen molar-refractivity contribution < 1.29 is 14.3 Å². The molecule has 1 aromatic heterocycles. The number of ether oxygens (including phenoxy) is 1. The number of hydrogen-bond acceptors (Lipinski definition) is 4. The van der Waals surface area contributed by atoms with Gasteiger partial charge in [-0.1, -0.05) is 41.9 Å². The third kappa shape index (κ3) is 4.30. The van der Waals surface area contributed by atoms with E-state index in [1.165, 1.54) is 4.90 Å². The lowest BCUT2D eigenvalue weighted by atomic mass is 10.0. The summed E-state index contributed by atoms with van der Waals surface area (Å²) in [4.78, 5) is 33.8. The Morgan fingerprint density at radius 3 is 2.53 bits per heavy atom. The molecule has 0 N–H and O–H groups in total. The fourth-order valence-corrected chi connectivity index (χ4v) is 3.64. The van der Waals surface area contributed by atoms with Crippen LogP contribution >= 0.6 is 11.6 Å². The molecule has 0 bridgehead atoms. The van der Waals surface area contributed by atoms with Crippen molar-refractivity contribution in [2.75, 3.05) is 39.9 Å². The highest BCUT2D eigenvalue weighted by Gasteiger charge is 2.23. The van der Waals surface area contributed by atoms with Gasteiger partial charge in [-0.3, -0.25) is 9.59 Å².